The molecule has 0 aromatic heterocycles. The summed E-state index contributed by atoms with van der Waals surface area (Å²) in [6.45, 7) is 6.62. The average molecular weight is 598 g/mol. The first kappa shape index (κ1) is 32.5. The van der Waals surface area contributed by atoms with Gasteiger partial charge in [-0.05, 0) is 74.6 Å². The summed E-state index contributed by atoms with van der Waals surface area (Å²) < 4.78 is 28.7. The van der Waals surface area contributed by atoms with Gasteiger partial charge in [-0.25, -0.2) is 0 Å². The maximum absolute atomic E-state index is 11.7. The van der Waals surface area contributed by atoms with Gasteiger partial charge in [0.1, 0.15) is 12.4 Å². The second-order valence-corrected chi connectivity index (χ2v) is 11.3. The Labute approximate surface area is 248 Å². The molecular formula is C31H42Cl2O7. The summed E-state index contributed by atoms with van der Waals surface area (Å²) in [4.78, 5) is 22.8. The Kier molecular flexibility index (Phi) is 14.4. The topological polar surface area (TPSA) is 80.3 Å². The molecule has 2 fully saturated rings. The molecule has 0 radical (unpaired) electrons. The largest absolute Gasteiger partial charge is 0.493 e. The van der Waals surface area contributed by atoms with Crippen molar-refractivity contribution in [3.05, 3.63) is 53.6 Å². The van der Waals surface area contributed by atoms with Crippen LogP contribution in [-0.4, -0.2) is 56.1 Å². The Morgan fingerprint density at radius 1 is 1.15 bits per heavy atom. The number of halogens is 2. The smallest absolute Gasteiger partial charge is 0.306 e. The summed E-state index contributed by atoms with van der Waals surface area (Å²) in [5.41, 5.74) is 0.932. The van der Waals surface area contributed by atoms with Crippen molar-refractivity contribution >= 4 is 35.1 Å². The second kappa shape index (κ2) is 17.7. The average Bonchev–Trinajstić information content (AvgIpc) is 3.21. The minimum Gasteiger partial charge on any atom is -0.493 e. The van der Waals surface area contributed by atoms with Gasteiger partial charge in [0.25, 0.3) is 0 Å². The zero-order valence-electron chi connectivity index (χ0n) is 23.4. The lowest BCUT2D eigenvalue weighted by Gasteiger charge is -2.30. The van der Waals surface area contributed by atoms with E-state index in [9.17, 15) is 9.59 Å². The molecule has 222 valence electrons. The van der Waals surface area contributed by atoms with Crippen LogP contribution >= 0.6 is 23.2 Å². The monoisotopic (exact) mass is 596 g/mol. The van der Waals surface area contributed by atoms with Crippen LogP contribution in [0.5, 0.6) is 5.75 Å². The van der Waals surface area contributed by atoms with Crippen molar-refractivity contribution in [1.29, 1.82) is 0 Å². The number of carbonyl (C=O) groups is 2. The third-order valence-corrected chi connectivity index (χ3v) is 7.89. The quantitative estimate of drug-likeness (QED) is 0.0895. The van der Waals surface area contributed by atoms with Crippen molar-refractivity contribution in [2.75, 3.05) is 26.4 Å². The molecule has 0 N–H and O–H groups in total. The molecule has 5 atom stereocenters. The van der Waals surface area contributed by atoms with Crippen LogP contribution in [0.25, 0.3) is 0 Å². The SMILES string of the molecule is C=CCOC(=O)CCCC=CC[C@@H]1[C@@H](COc2cc(Cl)cc(CCOC(C)=O)c2)[C@H](OC2CCCCO2)C[C@H]1Cl. The second-order valence-electron chi connectivity index (χ2n) is 10.3. The van der Waals surface area contributed by atoms with E-state index < -0.39 is 0 Å². The molecule has 40 heavy (non-hydrogen) atoms. The fourth-order valence-corrected chi connectivity index (χ4v) is 5.86. The lowest BCUT2D eigenvalue weighted by molar-refractivity contribution is -0.197. The highest BCUT2D eigenvalue weighted by Crippen LogP contribution is 2.42. The molecule has 7 nitrogen and oxygen atoms in total. The van der Waals surface area contributed by atoms with Crippen LogP contribution in [0, 0.1) is 11.8 Å². The summed E-state index contributed by atoms with van der Waals surface area (Å²) in [5, 5.41) is 0.507. The molecule has 9 heteroatoms. The number of allylic oxidation sites excluding steroid dienone is 2. The van der Waals surface area contributed by atoms with Gasteiger partial charge in [-0.2, -0.15) is 0 Å². The van der Waals surface area contributed by atoms with Gasteiger partial charge in [0.15, 0.2) is 6.29 Å². The summed E-state index contributed by atoms with van der Waals surface area (Å²) in [6, 6.07) is 5.57. The van der Waals surface area contributed by atoms with Gasteiger partial charge >= 0.3 is 11.9 Å². The molecule has 1 aliphatic carbocycles. The van der Waals surface area contributed by atoms with Crippen LogP contribution in [-0.2, 0) is 35.0 Å². The van der Waals surface area contributed by atoms with Crippen LogP contribution in [0.1, 0.15) is 63.9 Å². The number of benzene rings is 1. The van der Waals surface area contributed by atoms with Gasteiger partial charge in [0.2, 0.25) is 0 Å². The van der Waals surface area contributed by atoms with Gasteiger partial charge in [0.05, 0.1) is 19.3 Å². The Morgan fingerprint density at radius 2 is 2.00 bits per heavy atom. The number of ether oxygens (including phenoxy) is 5. The number of unbranched alkanes of at least 4 members (excludes halogenated alkanes) is 1. The normalized spacial score (nSPS) is 24.6. The molecule has 3 rings (SSSR count). The van der Waals surface area contributed by atoms with E-state index in [2.05, 4.69) is 18.7 Å². The number of hydrogen-bond donors (Lipinski definition) is 0. The zero-order chi connectivity index (χ0) is 28.7. The van der Waals surface area contributed by atoms with Crippen molar-refractivity contribution in [3.63, 3.8) is 0 Å². The van der Waals surface area contributed by atoms with Gasteiger partial charge < -0.3 is 23.7 Å². The van der Waals surface area contributed by atoms with E-state index in [1.807, 2.05) is 12.1 Å². The summed E-state index contributed by atoms with van der Waals surface area (Å²) in [5.74, 6) is 0.368. The van der Waals surface area contributed by atoms with Gasteiger partial charge in [0, 0.05) is 42.7 Å². The molecule has 0 amide bonds. The lowest BCUT2D eigenvalue weighted by Crippen LogP contribution is -2.34. The van der Waals surface area contributed by atoms with Gasteiger partial charge in [-0.3, -0.25) is 9.59 Å². The Morgan fingerprint density at radius 3 is 2.75 bits per heavy atom. The summed E-state index contributed by atoms with van der Waals surface area (Å²) >= 11 is 13.2. The molecule has 1 unspecified atom stereocenters. The van der Waals surface area contributed by atoms with Crippen LogP contribution in [0.4, 0.5) is 0 Å². The highest BCUT2D eigenvalue weighted by Gasteiger charge is 2.44. The summed E-state index contributed by atoms with van der Waals surface area (Å²) in [7, 11) is 0. The highest BCUT2D eigenvalue weighted by molar-refractivity contribution is 6.30. The lowest BCUT2D eigenvalue weighted by atomic mass is 9.91. The molecule has 1 heterocycles. The van der Waals surface area contributed by atoms with Crippen molar-refractivity contribution in [2.45, 2.75) is 82.5 Å². The van der Waals surface area contributed by atoms with E-state index in [4.69, 9.17) is 46.9 Å². The fraction of sp³-hybridized carbons (Fsp3) is 0.613. The molecule has 1 aromatic carbocycles. The molecule has 0 spiro atoms. The van der Waals surface area contributed by atoms with Crippen molar-refractivity contribution in [1.82, 2.24) is 0 Å². The zero-order valence-corrected chi connectivity index (χ0v) is 24.9. The number of carbonyl (C=O) groups excluding carboxylic acids is 2. The minimum absolute atomic E-state index is 0.0561. The number of alkyl halides is 1. The number of hydrogen-bond acceptors (Lipinski definition) is 7. The first-order valence-corrected chi connectivity index (χ1v) is 15.1. The molecular weight excluding hydrogens is 555 g/mol. The minimum atomic E-state index is -0.311. The van der Waals surface area contributed by atoms with E-state index in [-0.39, 0.29) is 54.8 Å². The fourth-order valence-electron chi connectivity index (χ4n) is 5.15. The third-order valence-electron chi connectivity index (χ3n) is 7.17. The third kappa shape index (κ3) is 11.4. The van der Waals surface area contributed by atoms with Crippen molar-refractivity contribution in [3.8, 4) is 5.75 Å². The maximum Gasteiger partial charge on any atom is 0.306 e. The molecule has 2 aliphatic rings. The van der Waals surface area contributed by atoms with Crippen LogP contribution in [0.3, 0.4) is 0 Å². The van der Waals surface area contributed by atoms with Crippen LogP contribution in [0.2, 0.25) is 5.02 Å². The predicted molar refractivity (Wildman–Crippen MR) is 156 cm³/mol. The van der Waals surface area contributed by atoms with E-state index in [0.717, 1.165) is 57.1 Å². The van der Waals surface area contributed by atoms with E-state index in [0.29, 0.717) is 30.2 Å². The van der Waals surface area contributed by atoms with E-state index >= 15 is 0 Å². The molecule has 1 saturated carbocycles. The van der Waals surface area contributed by atoms with Gasteiger partial charge in [-0.1, -0.05) is 36.4 Å². The molecule has 1 aliphatic heterocycles. The predicted octanol–water partition coefficient (Wildman–Crippen LogP) is 6.83. The van der Waals surface area contributed by atoms with Crippen LogP contribution < -0.4 is 4.74 Å². The van der Waals surface area contributed by atoms with Crippen molar-refractivity contribution in [2.24, 2.45) is 11.8 Å². The van der Waals surface area contributed by atoms with Gasteiger partial charge in [-0.15, -0.1) is 11.6 Å². The van der Waals surface area contributed by atoms with E-state index in [1.54, 1.807) is 12.1 Å². The Hall–Kier alpha value is -2.06. The highest BCUT2D eigenvalue weighted by atomic mass is 35.5. The Balaban J connectivity index is 1.60. The Bertz CT molecular complexity index is 976. The first-order valence-electron chi connectivity index (χ1n) is 14.2. The number of esters is 2. The van der Waals surface area contributed by atoms with Crippen molar-refractivity contribution < 1.29 is 33.3 Å². The number of rotatable bonds is 16. The summed E-state index contributed by atoms with van der Waals surface area (Å²) in [6.07, 6.45) is 12.5. The maximum atomic E-state index is 11.7. The molecule has 1 aromatic rings. The molecule has 1 saturated heterocycles. The van der Waals surface area contributed by atoms with E-state index in [1.165, 1.54) is 6.92 Å². The van der Waals surface area contributed by atoms with Crippen LogP contribution in [0.15, 0.2) is 43.0 Å². The first-order chi connectivity index (χ1) is 19.4. The molecule has 0 bridgehead atoms. The standard InChI is InChI=1S/C31H42Cl2O7/c1-3-14-37-30(35)11-7-5-4-6-10-26-27(29(20-28(26)33)40-31-12-8-9-15-38-31)21-39-25-18-23(17-24(32)19-25)13-16-36-22(2)34/h3-4,6,17-19,26-29,31H,1,5,7-16,20-21H2,2H3/t26-,27-,28-,29-,31?/m1/s1.